The molecule has 0 aromatic rings. The molecule has 0 bridgehead atoms. The first kappa shape index (κ1) is 19.2. The number of amides is 1. The maximum absolute atomic E-state index is 12.5. The number of fused-ring (bicyclic) bond motifs is 1. The van der Waals surface area contributed by atoms with Gasteiger partial charge in [0.1, 0.15) is 3.53 Å². The van der Waals surface area contributed by atoms with Crippen LogP contribution in [0.3, 0.4) is 0 Å². The zero-order valence-corrected chi connectivity index (χ0v) is 17.6. The Morgan fingerprint density at radius 2 is 1.96 bits per heavy atom. The summed E-state index contributed by atoms with van der Waals surface area (Å²) < 4.78 is 6.92. The minimum Gasteiger partial charge on any atom is -0.479 e. The van der Waals surface area contributed by atoms with Gasteiger partial charge in [0.25, 0.3) is 0 Å². The monoisotopic (exact) mass is 393 g/mol. The summed E-state index contributed by atoms with van der Waals surface area (Å²) in [5.74, 6) is -1.49. The van der Waals surface area contributed by atoms with Gasteiger partial charge in [0.15, 0.2) is 13.7 Å². The fourth-order valence-corrected chi connectivity index (χ4v) is 7.00. The van der Waals surface area contributed by atoms with E-state index in [-0.39, 0.29) is 28.3 Å². The first-order valence-electron chi connectivity index (χ1n) is 7.47. The van der Waals surface area contributed by atoms with Crippen LogP contribution in [0.15, 0.2) is 0 Å². The highest BCUT2D eigenvalue weighted by Gasteiger charge is 2.59. The predicted molar refractivity (Wildman–Crippen MR) is 101 cm³/mol. The van der Waals surface area contributed by atoms with Gasteiger partial charge in [0.2, 0.25) is 5.91 Å². The summed E-state index contributed by atoms with van der Waals surface area (Å²) in [6.07, 6.45) is -0.238. The molecular weight excluding hydrogens is 370 g/mol. The van der Waals surface area contributed by atoms with E-state index in [0.29, 0.717) is 3.53 Å². The third kappa shape index (κ3) is 3.49. The number of carboxylic acids is 1. The normalized spacial score (nSPS) is 29.8. The van der Waals surface area contributed by atoms with Crippen molar-refractivity contribution < 1.29 is 19.1 Å². The quantitative estimate of drug-likeness (QED) is 0.446. The predicted octanol–water partition coefficient (Wildman–Crippen LogP) is 3.36. The summed E-state index contributed by atoms with van der Waals surface area (Å²) in [6.45, 7) is 12.7. The van der Waals surface area contributed by atoms with Crippen molar-refractivity contribution in [1.82, 2.24) is 4.90 Å². The van der Waals surface area contributed by atoms with Crippen molar-refractivity contribution in [3.63, 3.8) is 0 Å². The van der Waals surface area contributed by atoms with E-state index in [4.69, 9.17) is 16.6 Å². The number of nitrogens with zero attached hydrogens (tertiary/aromatic N) is 1. The number of hydrogen-bond donors (Lipinski definition) is 1. The van der Waals surface area contributed by atoms with Crippen LogP contribution in [0.2, 0.25) is 18.1 Å². The van der Waals surface area contributed by atoms with Gasteiger partial charge in [0, 0.05) is 0 Å². The summed E-state index contributed by atoms with van der Waals surface area (Å²) in [7, 11) is -1.99. The van der Waals surface area contributed by atoms with E-state index < -0.39 is 19.7 Å². The summed E-state index contributed by atoms with van der Waals surface area (Å²) in [5.41, 5.74) is 0. The third-order valence-electron chi connectivity index (χ3n) is 4.80. The van der Waals surface area contributed by atoms with Gasteiger partial charge in [-0.1, -0.05) is 56.5 Å². The van der Waals surface area contributed by atoms with E-state index in [0.717, 1.165) is 11.8 Å². The standard InChI is InChI=1S/C14H23NO4S3Si/c1-7(19-23(5,6)14(2,3)4)8-9(16)15-10(8)21-13(20)22-11(15)12(17)18/h7-8,10-11H,1-6H3,(H,17,18)/t7-,8+,10?,11?/m1/s1. The molecule has 4 atom stereocenters. The second kappa shape index (κ2) is 6.33. The maximum atomic E-state index is 12.5. The zero-order chi connectivity index (χ0) is 17.7. The highest BCUT2D eigenvalue weighted by molar-refractivity contribution is 8.48. The third-order valence-corrected chi connectivity index (χ3v) is 12.3. The van der Waals surface area contributed by atoms with Crippen LogP contribution >= 0.6 is 35.7 Å². The summed E-state index contributed by atoms with van der Waals surface area (Å²) in [5, 5.41) is 8.23. The van der Waals surface area contributed by atoms with Crippen LogP contribution < -0.4 is 0 Å². The number of thiocarbonyl (C=S) groups is 1. The molecule has 0 saturated carbocycles. The van der Waals surface area contributed by atoms with E-state index >= 15 is 0 Å². The number of thioether (sulfide) groups is 2. The molecular formula is C14H23NO4S3Si. The van der Waals surface area contributed by atoms with Gasteiger partial charge >= 0.3 is 5.97 Å². The Balaban J connectivity index is 2.15. The maximum Gasteiger partial charge on any atom is 0.337 e. The Bertz CT molecular complexity index is 549. The molecule has 1 amide bonds. The molecule has 130 valence electrons. The molecule has 2 heterocycles. The topological polar surface area (TPSA) is 66.8 Å². The smallest absolute Gasteiger partial charge is 0.337 e. The highest BCUT2D eigenvalue weighted by atomic mass is 32.2. The lowest BCUT2D eigenvalue weighted by molar-refractivity contribution is -0.164. The van der Waals surface area contributed by atoms with Gasteiger partial charge in [0.05, 0.1) is 17.4 Å². The van der Waals surface area contributed by atoms with Crippen molar-refractivity contribution in [2.24, 2.45) is 5.92 Å². The van der Waals surface area contributed by atoms with Gasteiger partial charge in [-0.25, -0.2) is 4.79 Å². The molecule has 2 aliphatic rings. The molecule has 1 N–H and O–H groups in total. The average molecular weight is 394 g/mol. The highest BCUT2D eigenvalue weighted by Crippen LogP contribution is 2.49. The van der Waals surface area contributed by atoms with E-state index in [9.17, 15) is 14.7 Å². The largest absolute Gasteiger partial charge is 0.479 e. The molecule has 0 radical (unpaired) electrons. The van der Waals surface area contributed by atoms with Crippen molar-refractivity contribution in [2.75, 3.05) is 0 Å². The van der Waals surface area contributed by atoms with Crippen molar-refractivity contribution in [3.8, 4) is 0 Å². The number of rotatable bonds is 4. The van der Waals surface area contributed by atoms with E-state index in [1.165, 1.54) is 16.7 Å². The molecule has 0 aliphatic carbocycles. The fourth-order valence-electron chi connectivity index (χ4n) is 2.48. The van der Waals surface area contributed by atoms with Crippen LogP contribution in [0.4, 0.5) is 0 Å². The Labute approximate surface area is 152 Å². The minimum absolute atomic E-state index is 0.0577. The molecule has 2 rings (SSSR count). The molecule has 2 fully saturated rings. The molecule has 0 aromatic heterocycles. The van der Waals surface area contributed by atoms with Gasteiger partial charge in [-0.2, -0.15) is 0 Å². The Morgan fingerprint density at radius 3 is 2.43 bits per heavy atom. The van der Waals surface area contributed by atoms with Crippen molar-refractivity contribution in [3.05, 3.63) is 0 Å². The lowest BCUT2D eigenvalue weighted by Gasteiger charge is -2.54. The summed E-state index contributed by atoms with van der Waals surface area (Å²) in [6, 6.07) is 0. The zero-order valence-electron chi connectivity index (χ0n) is 14.2. The number of carbonyl (C=O) groups excluding carboxylic acids is 1. The van der Waals surface area contributed by atoms with Crippen LogP contribution in [-0.4, -0.2) is 50.6 Å². The van der Waals surface area contributed by atoms with E-state index in [2.05, 4.69) is 33.9 Å². The number of aliphatic carboxylic acids is 1. The first-order valence-corrected chi connectivity index (χ1v) is 12.5. The van der Waals surface area contributed by atoms with Crippen LogP contribution in [0, 0.1) is 5.92 Å². The Morgan fingerprint density at radius 1 is 1.39 bits per heavy atom. The molecule has 2 saturated heterocycles. The van der Waals surface area contributed by atoms with Crippen molar-refractivity contribution in [2.45, 2.75) is 62.7 Å². The molecule has 2 unspecified atom stereocenters. The fraction of sp³-hybridized carbons (Fsp3) is 0.786. The van der Waals surface area contributed by atoms with E-state index in [1.54, 1.807) is 0 Å². The van der Waals surface area contributed by atoms with Crippen molar-refractivity contribution >= 4 is 59.5 Å². The van der Waals surface area contributed by atoms with E-state index in [1.807, 2.05) is 6.92 Å². The number of β-lactam (4-membered cyclic amide) rings is 1. The van der Waals surface area contributed by atoms with Crippen LogP contribution in [-0.2, 0) is 14.0 Å². The van der Waals surface area contributed by atoms with Crippen molar-refractivity contribution in [1.29, 1.82) is 0 Å². The average Bonchev–Trinajstić information content (AvgIpc) is 2.35. The SMILES string of the molecule is C[C@@H](O[Si](C)(C)C(C)(C)C)[C@H]1C(=O)N2C(C(=O)O)SC(=S)SC12. The minimum atomic E-state index is -1.99. The number of carbonyl (C=O) groups is 2. The van der Waals surface area contributed by atoms with Gasteiger partial charge in [-0.15, -0.1) is 0 Å². The number of hydrogen-bond acceptors (Lipinski definition) is 6. The molecule has 23 heavy (non-hydrogen) atoms. The van der Waals surface area contributed by atoms with Crippen LogP contribution in [0.1, 0.15) is 27.7 Å². The van der Waals surface area contributed by atoms with Gasteiger partial charge in [-0.05, 0) is 25.1 Å². The molecule has 0 aromatic carbocycles. The first-order chi connectivity index (χ1) is 10.4. The molecule has 5 nitrogen and oxygen atoms in total. The van der Waals surface area contributed by atoms with Crippen LogP contribution in [0.5, 0.6) is 0 Å². The van der Waals surface area contributed by atoms with Gasteiger partial charge < -0.3 is 14.4 Å². The lowest BCUT2D eigenvalue weighted by Crippen LogP contribution is -2.69. The second-order valence-corrected chi connectivity index (χ2v) is 15.6. The lowest BCUT2D eigenvalue weighted by atomic mass is 9.93. The Kier molecular flexibility index (Phi) is 5.29. The molecule has 9 heteroatoms. The van der Waals surface area contributed by atoms with Crippen LogP contribution in [0.25, 0.3) is 0 Å². The second-order valence-electron chi connectivity index (χ2n) is 7.42. The summed E-state index contributed by atoms with van der Waals surface area (Å²) in [4.78, 5) is 25.3. The molecule has 2 aliphatic heterocycles. The summed E-state index contributed by atoms with van der Waals surface area (Å²) >= 11 is 7.67. The van der Waals surface area contributed by atoms with Gasteiger partial charge in [-0.3, -0.25) is 4.79 Å². The molecule has 0 spiro atoms. The number of carboxylic acid groups (broad SMARTS) is 1. The Hall–Kier alpha value is -0.0931.